The minimum atomic E-state index is -0.0346. The molecule has 1 saturated carbocycles. The average Bonchev–Trinajstić information content (AvgIpc) is 2.35. The molecule has 1 aromatic rings. The molecule has 0 aliphatic heterocycles. The molecule has 0 saturated heterocycles. The molecule has 104 valence electrons. The van der Waals surface area contributed by atoms with Gasteiger partial charge in [0.05, 0.1) is 5.56 Å². The molecule has 19 heavy (non-hydrogen) atoms. The molecule has 0 bridgehead atoms. The normalized spacial score (nSPS) is 27.0. The van der Waals surface area contributed by atoms with Gasteiger partial charge in [0.1, 0.15) is 0 Å². The van der Waals surface area contributed by atoms with Gasteiger partial charge in [0.15, 0.2) is 0 Å². The maximum atomic E-state index is 12.3. The molecule has 0 aromatic heterocycles. The van der Waals surface area contributed by atoms with Gasteiger partial charge >= 0.3 is 0 Å². The number of hydrogen-bond donors (Lipinski definition) is 2. The summed E-state index contributed by atoms with van der Waals surface area (Å²) >= 11 is 0. The van der Waals surface area contributed by atoms with Crippen LogP contribution in [0.1, 0.15) is 49.0 Å². The lowest BCUT2D eigenvalue weighted by Crippen LogP contribution is -2.42. The Labute approximate surface area is 115 Å². The molecule has 1 amide bonds. The summed E-state index contributed by atoms with van der Waals surface area (Å²) in [5.74, 6) is 1.28. The van der Waals surface area contributed by atoms with Gasteiger partial charge in [0, 0.05) is 11.7 Å². The van der Waals surface area contributed by atoms with E-state index in [-0.39, 0.29) is 11.9 Å². The summed E-state index contributed by atoms with van der Waals surface area (Å²) in [6, 6.07) is 5.87. The van der Waals surface area contributed by atoms with Crippen molar-refractivity contribution < 1.29 is 4.79 Å². The van der Waals surface area contributed by atoms with Gasteiger partial charge in [-0.25, -0.2) is 0 Å². The summed E-state index contributed by atoms with van der Waals surface area (Å²) in [5.41, 5.74) is 8.11. The predicted molar refractivity (Wildman–Crippen MR) is 79.0 cm³/mol. The first-order valence-electron chi connectivity index (χ1n) is 7.14. The highest BCUT2D eigenvalue weighted by Crippen LogP contribution is 2.29. The van der Waals surface area contributed by atoms with E-state index in [9.17, 15) is 4.79 Å². The van der Waals surface area contributed by atoms with Crippen LogP contribution in [0.15, 0.2) is 18.2 Å². The van der Waals surface area contributed by atoms with Crippen molar-refractivity contribution in [3.05, 3.63) is 29.3 Å². The smallest absolute Gasteiger partial charge is 0.253 e. The Balaban J connectivity index is 2.06. The van der Waals surface area contributed by atoms with Crippen LogP contribution in [0.25, 0.3) is 0 Å². The van der Waals surface area contributed by atoms with E-state index in [0.717, 1.165) is 17.9 Å². The highest BCUT2D eigenvalue weighted by Gasteiger charge is 2.27. The van der Waals surface area contributed by atoms with Gasteiger partial charge in [0.25, 0.3) is 5.91 Å². The summed E-state index contributed by atoms with van der Waals surface area (Å²) in [5, 5.41) is 3.15. The lowest BCUT2D eigenvalue weighted by Gasteiger charge is -2.33. The van der Waals surface area contributed by atoms with Crippen LogP contribution in [0.2, 0.25) is 0 Å². The standard InChI is InChI=1S/C16H24N2O/c1-10-5-7-15(12(3)8-10)18-16(19)13-9-11(2)4-6-14(13)17/h4,6,9-10,12,15H,5,7-8,17H2,1-3H3,(H,18,19). The Bertz CT molecular complexity index is 470. The summed E-state index contributed by atoms with van der Waals surface area (Å²) in [6.07, 6.45) is 3.45. The molecule has 3 atom stereocenters. The maximum absolute atomic E-state index is 12.3. The lowest BCUT2D eigenvalue weighted by atomic mass is 9.80. The van der Waals surface area contributed by atoms with Crippen molar-refractivity contribution in [2.75, 3.05) is 5.73 Å². The Kier molecular flexibility index (Phi) is 4.13. The number of benzene rings is 1. The number of rotatable bonds is 2. The van der Waals surface area contributed by atoms with Crippen molar-refractivity contribution >= 4 is 11.6 Å². The molecular formula is C16H24N2O. The quantitative estimate of drug-likeness (QED) is 0.803. The second-order valence-electron chi connectivity index (χ2n) is 6.07. The minimum absolute atomic E-state index is 0.0346. The highest BCUT2D eigenvalue weighted by atomic mass is 16.1. The van der Waals surface area contributed by atoms with E-state index in [2.05, 4.69) is 19.2 Å². The minimum Gasteiger partial charge on any atom is -0.398 e. The fraction of sp³-hybridized carbons (Fsp3) is 0.562. The molecule has 1 aliphatic carbocycles. The summed E-state index contributed by atoms with van der Waals surface area (Å²) in [7, 11) is 0. The number of carbonyl (C=O) groups excluding carboxylic acids is 1. The number of nitrogens with two attached hydrogens (primary N) is 1. The first-order chi connectivity index (χ1) is 8.97. The van der Waals surface area contributed by atoms with Crippen molar-refractivity contribution in [2.24, 2.45) is 11.8 Å². The van der Waals surface area contributed by atoms with E-state index in [4.69, 9.17) is 5.73 Å². The maximum Gasteiger partial charge on any atom is 0.253 e. The molecule has 1 aliphatic rings. The Hall–Kier alpha value is -1.51. The van der Waals surface area contributed by atoms with E-state index >= 15 is 0 Å². The number of carbonyl (C=O) groups is 1. The molecule has 3 N–H and O–H groups in total. The number of nitrogens with one attached hydrogen (secondary N) is 1. The molecular weight excluding hydrogens is 236 g/mol. The van der Waals surface area contributed by atoms with Gasteiger partial charge in [-0.15, -0.1) is 0 Å². The topological polar surface area (TPSA) is 55.1 Å². The van der Waals surface area contributed by atoms with E-state index in [1.165, 1.54) is 12.8 Å². The highest BCUT2D eigenvalue weighted by molar-refractivity contribution is 5.99. The third-order valence-electron chi connectivity index (χ3n) is 4.20. The second kappa shape index (κ2) is 5.64. The first kappa shape index (κ1) is 13.9. The zero-order chi connectivity index (χ0) is 14.0. The number of aryl methyl sites for hydroxylation is 1. The third kappa shape index (κ3) is 3.28. The van der Waals surface area contributed by atoms with Gasteiger partial charge in [0.2, 0.25) is 0 Å². The third-order valence-corrected chi connectivity index (χ3v) is 4.20. The van der Waals surface area contributed by atoms with Crippen LogP contribution in [0.4, 0.5) is 5.69 Å². The second-order valence-corrected chi connectivity index (χ2v) is 6.07. The molecule has 1 aromatic carbocycles. The van der Waals surface area contributed by atoms with Crippen molar-refractivity contribution in [3.8, 4) is 0 Å². The van der Waals surface area contributed by atoms with Crippen molar-refractivity contribution in [1.29, 1.82) is 0 Å². The van der Waals surface area contributed by atoms with Gasteiger partial charge in [-0.05, 0) is 50.2 Å². The monoisotopic (exact) mass is 260 g/mol. The van der Waals surface area contributed by atoms with Crippen molar-refractivity contribution in [3.63, 3.8) is 0 Å². The molecule has 3 nitrogen and oxygen atoms in total. The molecule has 0 radical (unpaired) electrons. The number of hydrogen-bond acceptors (Lipinski definition) is 2. The predicted octanol–water partition coefficient (Wildman–Crippen LogP) is 3.13. The lowest BCUT2D eigenvalue weighted by molar-refractivity contribution is 0.0900. The largest absolute Gasteiger partial charge is 0.398 e. The van der Waals surface area contributed by atoms with E-state index < -0.39 is 0 Å². The van der Waals surface area contributed by atoms with Gasteiger partial charge < -0.3 is 11.1 Å². The molecule has 2 rings (SSSR count). The first-order valence-corrected chi connectivity index (χ1v) is 7.14. The summed E-state index contributed by atoms with van der Waals surface area (Å²) in [6.45, 7) is 6.48. The number of anilines is 1. The van der Waals surface area contributed by atoms with E-state index in [1.807, 2.05) is 19.1 Å². The number of nitrogen functional groups attached to an aromatic ring is 1. The van der Waals surface area contributed by atoms with Gasteiger partial charge in [-0.3, -0.25) is 4.79 Å². The zero-order valence-corrected chi connectivity index (χ0v) is 12.1. The summed E-state index contributed by atoms with van der Waals surface area (Å²) in [4.78, 5) is 12.3. The van der Waals surface area contributed by atoms with Crippen LogP contribution in [0.5, 0.6) is 0 Å². The van der Waals surface area contributed by atoms with Crippen molar-refractivity contribution in [2.45, 2.75) is 46.1 Å². The summed E-state index contributed by atoms with van der Waals surface area (Å²) < 4.78 is 0. The van der Waals surface area contributed by atoms with Crippen LogP contribution in [0.3, 0.4) is 0 Å². The molecule has 0 spiro atoms. The fourth-order valence-electron chi connectivity index (χ4n) is 2.99. The van der Waals surface area contributed by atoms with Crippen LogP contribution < -0.4 is 11.1 Å². The Morgan fingerprint density at radius 3 is 2.74 bits per heavy atom. The average molecular weight is 260 g/mol. The van der Waals surface area contributed by atoms with Crippen LogP contribution in [-0.4, -0.2) is 11.9 Å². The SMILES string of the molecule is Cc1ccc(N)c(C(=O)NC2CCC(C)CC2C)c1. The van der Waals surface area contributed by atoms with Gasteiger partial charge in [-0.1, -0.05) is 25.5 Å². The Morgan fingerprint density at radius 1 is 1.32 bits per heavy atom. The fourth-order valence-corrected chi connectivity index (χ4v) is 2.99. The number of amides is 1. The van der Waals surface area contributed by atoms with Gasteiger partial charge in [-0.2, -0.15) is 0 Å². The Morgan fingerprint density at radius 2 is 2.05 bits per heavy atom. The zero-order valence-electron chi connectivity index (χ0n) is 12.1. The van der Waals surface area contributed by atoms with E-state index in [0.29, 0.717) is 17.2 Å². The molecule has 0 heterocycles. The van der Waals surface area contributed by atoms with Crippen LogP contribution in [-0.2, 0) is 0 Å². The molecule has 3 unspecified atom stereocenters. The van der Waals surface area contributed by atoms with Crippen molar-refractivity contribution in [1.82, 2.24) is 5.32 Å². The molecule has 1 fully saturated rings. The van der Waals surface area contributed by atoms with Crippen LogP contribution >= 0.6 is 0 Å². The molecule has 3 heteroatoms. The van der Waals surface area contributed by atoms with E-state index in [1.54, 1.807) is 6.07 Å². The van der Waals surface area contributed by atoms with Crippen LogP contribution in [0, 0.1) is 18.8 Å².